The Kier molecular flexibility index (Phi) is 4.24. The highest BCUT2D eigenvalue weighted by molar-refractivity contribution is 5.75. The van der Waals surface area contributed by atoms with Gasteiger partial charge in [-0.15, -0.1) is 0 Å². The van der Waals surface area contributed by atoms with Crippen molar-refractivity contribution in [2.45, 2.75) is 52.5 Å². The van der Waals surface area contributed by atoms with Crippen molar-refractivity contribution in [1.82, 2.24) is 10.6 Å². The minimum Gasteiger partial charge on any atom is -0.481 e. The van der Waals surface area contributed by atoms with E-state index >= 15 is 0 Å². The zero-order chi connectivity index (χ0) is 14.0. The molecule has 1 saturated carbocycles. The number of nitrogens with one attached hydrogen (secondary N) is 2. The predicted octanol–water partition coefficient (Wildman–Crippen LogP) is 1.98. The van der Waals surface area contributed by atoms with Gasteiger partial charge in [0.25, 0.3) is 0 Å². The summed E-state index contributed by atoms with van der Waals surface area (Å²) in [5.41, 5.74) is -0.145. The number of hydrogen-bond donors (Lipinski definition) is 3. The first-order valence-electron chi connectivity index (χ1n) is 6.40. The lowest BCUT2D eigenvalue weighted by molar-refractivity contribution is -0.137. The van der Waals surface area contributed by atoms with E-state index in [9.17, 15) is 9.59 Å². The molecule has 5 heteroatoms. The monoisotopic (exact) mass is 256 g/mol. The first-order valence-corrected chi connectivity index (χ1v) is 6.40. The Labute approximate surface area is 108 Å². The summed E-state index contributed by atoms with van der Waals surface area (Å²) in [5, 5.41) is 14.3. The van der Waals surface area contributed by atoms with E-state index in [2.05, 4.69) is 24.5 Å². The average molecular weight is 256 g/mol. The zero-order valence-corrected chi connectivity index (χ0v) is 11.7. The first-order chi connectivity index (χ1) is 8.12. The summed E-state index contributed by atoms with van der Waals surface area (Å²) in [7, 11) is 0. The molecule has 1 unspecified atom stereocenters. The highest BCUT2D eigenvalue weighted by Gasteiger charge is 2.45. The van der Waals surface area contributed by atoms with Gasteiger partial charge >= 0.3 is 12.0 Å². The number of carbonyl (C=O) groups is 2. The SMILES string of the molecule is CC(C)(CCC(=O)O)NC(=O)NCC1CC1(C)C. The van der Waals surface area contributed by atoms with Gasteiger partial charge in [-0.2, -0.15) is 0 Å². The Balaban J connectivity index is 2.24. The number of carboxylic acids is 1. The van der Waals surface area contributed by atoms with Crippen LogP contribution in [0.2, 0.25) is 0 Å². The van der Waals surface area contributed by atoms with Crippen molar-refractivity contribution in [3.63, 3.8) is 0 Å². The van der Waals surface area contributed by atoms with Crippen LogP contribution in [-0.4, -0.2) is 29.2 Å². The van der Waals surface area contributed by atoms with Crippen molar-refractivity contribution in [3.05, 3.63) is 0 Å². The van der Waals surface area contributed by atoms with Gasteiger partial charge in [-0.05, 0) is 38.0 Å². The van der Waals surface area contributed by atoms with Gasteiger partial charge in [0.05, 0.1) is 0 Å². The Morgan fingerprint density at radius 2 is 1.94 bits per heavy atom. The average Bonchev–Trinajstić information content (AvgIpc) is 2.80. The van der Waals surface area contributed by atoms with Crippen LogP contribution in [0.1, 0.15) is 47.0 Å². The number of urea groups is 1. The lowest BCUT2D eigenvalue weighted by Crippen LogP contribution is -2.49. The smallest absolute Gasteiger partial charge is 0.315 e. The molecule has 0 spiro atoms. The van der Waals surface area contributed by atoms with Gasteiger partial charge in [0.2, 0.25) is 0 Å². The highest BCUT2D eigenvalue weighted by Crippen LogP contribution is 2.50. The van der Waals surface area contributed by atoms with Crippen LogP contribution in [0.15, 0.2) is 0 Å². The number of carboxylic acid groups (broad SMARTS) is 1. The van der Waals surface area contributed by atoms with Crippen molar-refractivity contribution in [1.29, 1.82) is 0 Å². The molecule has 2 amide bonds. The molecule has 0 aliphatic heterocycles. The largest absolute Gasteiger partial charge is 0.481 e. The molecule has 0 heterocycles. The van der Waals surface area contributed by atoms with Gasteiger partial charge in [-0.1, -0.05) is 13.8 Å². The second kappa shape index (κ2) is 5.16. The minimum atomic E-state index is -0.843. The van der Waals surface area contributed by atoms with Gasteiger partial charge in [0, 0.05) is 18.5 Å². The molecule has 1 rings (SSSR count). The van der Waals surface area contributed by atoms with E-state index in [1.807, 2.05) is 13.8 Å². The molecule has 0 aromatic rings. The molecule has 104 valence electrons. The molecular formula is C13H24N2O3. The fourth-order valence-corrected chi connectivity index (χ4v) is 1.97. The molecule has 0 aromatic carbocycles. The normalized spacial score (nSPS) is 21.2. The van der Waals surface area contributed by atoms with Crippen molar-refractivity contribution in [2.75, 3.05) is 6.54 Å². The van der Waals surface area contributed by atoms with E-state index in [1.165, 1.54) is 0 Å². The van der Waals surface area contributed by atoms with Gasteiger partial charge in [0.1, 0.15) is 0 Å². The van der Waals surface area contributed by atoms with E-state index in [-0.39, 0.29) is 12.5 Å². The molecule has 18 heavy (non-hydrogen) atoms. The number of hydrogen-bond acceptors (Lipinski definition) is 2. The third kappa shape index (κ3) is 4.94. The van der Waals surface area contributed by atoms with Crippen LogP contribution in [0.5, 0.6) is 0 Å². The second-order valence-electron chi connectivity index (χ2n) is 6.50. The topological polar surface area (TPSA) is 78.4 Å². The first kappa shape index (κ1) is 14.8. The summed E-state index contributed by atoms with van der Waals surface area (Å²) in [5.74, 6) is -0.282. The van der Waals surface area contributed by atoms with Crippen LogP contribution in [0.25, 0.3) is 0 Å². The van der Waals surface area contributed by atoms with Crippen LogP contribution in [0.3, 0.4) is 0 Å². The Morgan fingerprint density at radius 3 is 2.39 bits per heavy atom. The van der Waals surface area contributed by atoms with Crippen LogP contribution in [-0.2, 0) is 4.79 Å². The summed E-state index contributed by atoms with van der Waals surface area (Å²) in [6.45, 7) is 8.73. The van der Waals surface area contributed by atoms with Gasteiger partial charge in [0.15, 0.2) is 0 Å². The molecule has 0 aromatic heterocycles. The molecule has 1 aliphatic carbocycles. The molecular weight excluding hydrogens is 232 g/mol. The van der Waals surface area contributed by atoms with Crippen LogP contribution < -0.4 is 10.6 Å². The number of rotatable bonds is 6. The molecule has 0 saturated heterocycles. The maximum atomic E-state index is 11.7. The number of amides is 2. The Hall–Kier alpha value is -1.26. The number of aliphatic carboxylic acids is 1. The van der Waals surface area contributed by atoms with Crippen molar-refractivity contribution in [2.24, 2.45) is 11.3 Å². The van der Waals surface area contributed by atoms with Crippen LogP contribution >= 0.6 is 0 Å². The van der Waals surface area contributed by atoms with Crippen LogP contribution in [0, 0.1) is 11.3 Å². The lowest BCUT2D eigenvalue weighted by Gasteiger charge is -2.25. The van der Waals surface area contributed by atoms with E-state index in [4.69, 9.17) is 5.11 Å². The second-order valence-corrected chi connectivity index (χ2v) is 6.50. The standard InChI is InChI=1S/C13H24N2O3/c1-12(2)7-9(12)8-14-11(18)15-13(3,4)6-5-10(16)17/h9H,5-8H2,1-4H3,(H,16,17)(H2,14,15,18). The van der Waals surface area contributed by atoms with Crippen LogP contribution in [0.4, 0.5) is 4.79 Å². The van der Waals surface area contributed by atoms with Crippen molar-refractivity contribution < 1.29 is 14.7 Å². The quantitative estimate of drug-likeness (QED) is 0.680. The molecule has 5 nitrogen and oxygen atoms in total. The van der Waals surface area contributed by atoms with Crippen molar-refractivity contribution >= 4 is 12.0 Å². The van der Waals surface area contributed by atoms with E-state index in [0.717, 1.165) is 6.42 Å². The summed E-state index contributed by atoms with van der Waals surface area (Å²) >= 11 is 0. The van der Waals surface area contributed by atoms with Gasteiger partial charge < -0.3 is 15.7 Å². The summed E-state index contributed by atoms with van der Waals surface area (Å²) in [6.07, 6.45) is 1.63. The lowest BCUT2D eigenvalue weighted by atomic mass is 9.99. The molecule has 1 fully saturated rings. The predicted molar refractivity (Wildman–Crippen MR) is 69.4 cm³/mol. The Bertz CT molecular complexity index is 337. The maximum absolute atomic E-state index is 11.7. The molecule has 1 aliphatic rings. The maximum Gasteiger partial charge on any atom is 0.315 e. The fourth-order valence-electron chi connectivity index (χ4n) is 1.97. The van der Waals surface area contributed by atoms with Crippen molar-refractivity contribution in [3.8, 4) is 0 Å². The third-order valence-corrected chi connectivity index (χ3v) is 3.64. The van der Waals surface area contributed by atoms with E-state index in [1.54, 1.807) is 0 Å². The molecule has 0 bridgehead atoms. The fraction of sp³-hybridized carbons (Fsp3) is 0.846. The molecule has 1 atom stereocenters. The molecule has 0 radical (unpaired) electrons. The zero-order valence-electron chi connectivity index (χ0n) is 11.7. The summed E-state index contributed by atoms with van der Waals surface area (Å²) in [4.78, 5) is 22.2. The van der Waals surface area contributed by atoms with Gasteiger partial charge in [-0.3, -0.25) is 4.79 Å². The van der Waals surface area contributed by atoms with Gasteiger partial charge in [-0.25, -0.2) is 4.79 Å². The Morgan fingerprint density at radius 1 is 1.39 bits per heavy atom. The van der Waals surface area contributed by atoms with E-state index < -0.39 is 11.5 Å². The third-order valence-electron chi connectivity index (χ3n) is 3.64. The minimum absolute atomic E-state index is 0.0585. The summed E-state index contributed by atoms with van der Waals surface area (Å²) < 4.78 is 0. The van der Waals surface area contributed by atoms with E-state index in [0.29, 0.717) is 24.3 Å². The highest BCUT2D eigenvalue weighted by atomic mass is 16.4. The summed E-state index contributed by atoms with van der Waals surface area (Å²) in [6, 6.07) is -0.215. The molecule has 3 N–H and O–H groups in total. The number of carbonyl (C=O) groups excluding carboxylic acids is 1.